The number of benzene rings is 1. The number of sulfonamides is 1. The molecule has 0 unspecified atom stereocenters. The Hall–Kier alpha value is -2.39. The summed E-state index contributed by atoms with van der Waals surface area (Å²) in [7, 11) is -3.38. The van der Waals surface area contributed by atoms with Gasteiger partial charge in [-0.05, 0) is 30.7 Å². The monoisotopic (exact) mass is 391 g/mol. The number of aromatic nitrogens is 2. The Kier molecular flexibility index (Phi) is 6.46. The van der Waals surface area contributed by atoms with Gasteiger partial charge >= 0.3 is 0 Å². The smallest absolute Gasteiger partial charge is 0.233 e. The summed E-state index contributed by atoms with van der Waals surface area (Å²) in [6, 6.07) is 11.3. The molecule has 1 aromatic heterocycles. The highest BCUT2D eigenvalue weighted by Crippen LogP contribution is 2.28. The van der Waals surface area contributed by atoms with E-state index in [1.807, 2.05) is 25.1 Å². The molecule has 1 aliphatic rings. The number of nitrogens with one attached hydrogen (secondary N) is 2. The van der Waals surface area contributed by atoms with Crippen LogP contribution in [0.25, 0.3) is 0 Å². The van der Waals surface area contributed by atoms with Crippen molar-refractivity contribution in [1.29, 1.82) is 0 Å². The second-order valence-electron chi connectivity index (χ2n) is 6.32. The topological polar surface area (TPSA) is 96.5 Å². The van der Waals surface area contributed by atoms with Crippen LogP contribution in [-0.4, -0.2) is 50.7 Å². The first kappa shape index (κ1) is 19.4. The van der Waals surface area contributed by atoms with E-state index in [2.05, 4.69) is 31.2 Å². The molecular formula is C18H25N5O3S. The first-order valence-corrected chi connectivity index (χ1v) is 10.8. The van der Waals surface area contributed by atoms with Crippen LogP contribution in [0, 0.1) is 0 Å². The maximum atomic E-state index is 11.9. The van der Waals surface area contributed by atoms with Gasteiger partial charge in [-0.15, -0.1) is 10.2 Å². The van der Waals surface area contributed by atoms with E-state index < -0.39 is 10.0 Å². The minimum absolute atomic E-state index is 0.0815. The Morgan fingerprint density at radius 1 is 1.07 bits per heavy atom. The number of anilines is 4. The van der Waals surface area contributed by atoms with Gasteiger partial charge < -0.3 is 15.0 Å². The molecule has 0 bridgehead atoms. The van der Waals surface area contributed by atoms with E-state index in [1.165, 1.54) is 0 Å². The van der Waals surface area contributed by atoms with Crippen LogP contribution in [0.5, 0.6) is 0 Å². The second kappa shape index (κ2) is 9.01. The summed E-state index contributed by atoms with van der Waals surface area (Å²) in [6.45, 7) is 5.04. The molecule has 3 rings (SSSR count). The SMILES string of the molecule is CCCCS(=O)(=O)Nc1ccc(Nc2ccccc2N2CCOCC2)nn1. The molecule has 0 aliphatic carbocycles. The summed E-state index contributed by atoms with van der Waals surface area (Å²) < 4.78 is 31.8. The van der Waals surface area contributed by atoms with Crippen LogP contribution in [-0.2, 0) is 14.8 Å². The van der Waals surface area contributed by atoms with Crippen LogP contribution in [0.1, 0.15) is 19.8 Å². The van der Waals surface area contributed by atoms with Crippen LogP contribution >= 0.6 is 0 Å². The van der Waals surface area contributed by atoms with Crippen molar-refractivity contribution in [2.75, 3.05) is 47.0 Å². The predicted octanol–water partition coefficient (Wildman–Crippen LogP) is 2.60. The lowest BCUT2D eigenvalue weighted by molar-refractivity contribution is 0.123. The number of morpholine rings is 1. The third-order valence-corrected chi connectivity index (χ3v) is 5.56. The van der Waals surface area contributed by atoms with Gasteiger partial charge in [0.15, 0.2) is 11.6 Å². The maximum Gasteiger partial charge on any atom is 0.233 e. The van der Waals surface area contributed by atoms with Crippen molar-refractivity contribution in [3.63, 3.8) is 0 Å². The lowest BCUT2D eigenvalue weighted by atomic mass is 10.2. The van der Waals surface area contributed by atoms with Gasteiger partial charge in [-0.3, -0.25) is 4.72 Å². The average Bonchev–Trinajstić information content (AvgIpc) is 2.69. The Balaban J connectivity index is 1.68. The Morgan fingerprint density at radius 2 is 1.78 bits per heavy atom. The highest BCUT2D eigenvalue weighted by Gasteiger charge is 2.15. The Bertz CT molecular complexity index is 836. The fraction of sp³-hybridized carbons (Fsp3) is 0.444. The van der Waals surface area contributed by atoms with Crippen molar-refractivity contribution in [2.24, 2.45) is 0 Å². The summed E-state index contributed by atoms with van der Waals surface area (Å²) in [4.78, 5) is 2.26. The van der Waals surface area contributed by atoms with E-state index in [0.717, 1.165) is 30.9 Å². The normalized spacial score (nSPS) is 14.8. The first-order valence-electron chi connectivity index (χ1n) is 9.10. The Morgan fingerprint density at radius 3 is 2.48 bits per heavy atom. The third kappa shape index (κ3) is 5.54. The summed E-state index contributed by atoms with van der Waals surface area (Å²) in [5.74, 6) is 0.850. The number of hydrogen-bond acceptors (Lipinski definition) is 7. The number of para-hydroxylation sites is 2. The zero-order chi connectivity index (χ0) is 19.1. The van der Waals surface area contributed by atoms with Gasteiger partial charge in [-0.1, -0.05) is 25.5 Å². The van der Waals surface area contributed by atoms with Crippen LogP contribution in [0.3, 0.4) is 0 Å². The van der Waals surface area contributed by atoms with Crippen molar-refractivity contribution in [3.8, 4) is 0 Å². The average molecular weight is 391 g/mol. The fourth-order valence-electron chi connectivity index (χ4n) is 2.80. The standard InChI is InChI=1S/C18H25N5O3S/c1-2-3-14-27(24,25)22-18-9-8-17(20-21-18)19-15-6-4-5-7-16(15)23-10-12-26-13-11-23/h4-9H,2-3,10-14H2,1H3,(H,19,20)(H,21,22). The van der Waals surface area contributed by atoms with E-state index in [1.54, 1.807) is 12.1 Å². The Labute approximate surface area is 160 Å². The van der Waals surface area contributed by atoms with Gasteiger partial charge in [0, 0.05) is 13.1 Å². The first-order chi connectivity index (χ1) is 13.1. The zero-order valence-electron chi connectivity index (χ0n) is 15.4. The van der Waals surface area contributed by atoms with Crippen molar-refractivity contribution in [1.82, 2.24) is 10.2 Å². The second-order valence-corrected chi connectivity index (χ2v) is 8.16. The molecule has 1 fully saturated rings. The number of ether oxygens (including phenoxy) is 1. The molecule has 0 saturated carbocycles. The highest BCUT2D eigenvalue weighted by molar-refractivity contribution is 7.92. The van der Waals surface area contributed by atoms with Gasteiger partial charge in [-0.25, -0.2) is 8.42 Å². The molecule has 8 nitrogen and oxygen atoms in total. The summed E-state index contributed by atoms with van der Waals surface area (Å²) in [6.07, 6.45) is 1.43. The van der Waals surface area contributed by atoms with Crippen molar-refractivity contribution >= 4 is 33.0 Å². The molecule has 1 saturated heterocycles. The molecular weight excluding hydrogens is 366 g/mol. The maximum absolute atomic E-state index is 11.9. The van der Waals surface area contributed by atoms with Gasteiger partial charge in [0.2, 0.25) is 10.0 Å². The summed E-state index contributed by atoms with van der Waals surface area (Å²) in [5, 5.41) is 11.3. The number of rotatable bonds is 8. The van der Waals surface area contributed by atoms with Crippen molar-refractivity contribution in [3.05, 3.63) is 36.4 Å². The van der Waals surface area contributed by atoms with Crippen LogP contribution in [0.2, 0.25) is 0 Å². The van der Waals surface area contributed by atoms with E-state index >= 15 is 0 Å². The molecule has 9 heteroatoms. The van der Waals surface area contributed by atoms with E-state index in [9.17, 15) is 8.42 Å². The third-order valence-electron chi connectivity index (χ3n) is 4.21. The minimum atomic E-state index is -3.38. The van der Waals surface area contributed by atoms with Crippen molar-refractivity contribution < 1.29 is 13.2 Å². The van der Waals surface area contributed by atoms with E-state index in [-0.39, 0.29) is 11.6 Å². The quantitative estimate of drug-likeness (QED) is 0.714. The van der Waals surface area contributed by atoms with Crippen LogP contribution in [0.4, 0.5) is 23.0 Å². The largest absolute Gasteiger partial charge is 0.378 e. The van der Waals surface area contributed by atoms with Crippen LogP contribution in [0.15, 0.2) is 36.4 Å². The molecule has 0 amide bonds. The number of unbranched alkanes of at least 4 members (excludes halogenated alkanes) is 1. The molecule has 2 heterocycles. The summed E-state index contributed by atoms with van der Waals surface area (Å²) >= 11 is 0. The van der Waals surface area contributed by atoms with Gasteiger partial charge in [0.1, 0.15) is 0 Å². The molecule has 27 heavy (non-hydrogen) atoms. The molecule has 2 N–H and O–H groups in total. The molecule has 0 spiro atoms. The van der Waals surface area contributed by atoms with Gasteiger partial charge in [-0.2, -0.15) is 0 Å². The molecule has 1 aromatic carbocycles. The van der Waals surface area contributed by atoms with Crippen molar-refractivity contribution in [2.45, 2.75) is 19.8 Å². The minimum Gasteiger partial charge on any atom is -0.378 e. The lowest BCUT2D eigenvalue weighted by Gasteiger charge is -2.30. The molecule has 0 radical (unpaired) electrons. The lowest BCUT2D eigenvalue weighted by Crippen LogP contribution is -2.36. The fourth-order valence-corrected chi connectivity index (χ4v) is 3.99. The highest BCUT2D eigenvalue weighted by atomic mass is 32.2. The molecule has 146 valence electrons. The van der Waals surface area contributed by atoms with Crippen LogP contribution < -0.4 is 14.9 Å². The molecule has 1 aliphatic heterocycles. The van der Waals surface area contributed by atoms with Gasteiger partial charge in [0.05, 0.1) is 30.3 Å². The zero-order valence-corrected chi connectivity index (χ0v) is 16.2. The summed E-state index contributed by atoms with van der Waals surface area (Å²) in [5.41, 5.74) is 2.00. The van der Waals surface area contributed by atoms with E-state index in [0.29, 0.717) is 25.5 Å². The van der Waals surface area contributed by atoms with Gasteiger partial charge in [0.25, 0.3) is 0 Å². The number of hydrogen-bond donors (Lipinski definition) is 2. The molecule has 2 aromatic rings. The van der Waals surface area contributed by atoms with E-state index in [4.69, 9.17) is 4.74 Å². The number of nitrogens with zero attached hydrogens (tertiary/aromatic N) is 3. The molecule has 0 atom stereocenters. The predicted molar refractivity (Wildman–Crippen MR) is 107 cm³/mol.